The molecule has 0 aliphatic carbocycles. The minimum absolute atomic E-state index is 0.453. The smallest absolute Gasteiger partial charge is 0.248 e. The predicted molar refractivity (Wildman–Crippen MR) is 64.4 cm³/mol. The summed E-state index contributed by atoms with van der Waals surface area (Å²) in [5.41, 5.74) is 5.58. The number of nitrogens with two attached hydrogens (primary N) is 1. The van der Waals surface area contributed by atoms with E-state index in [1.54, 1.807) is 35.7 Å². The van der Waals surface area contributed by atoms with Crippen LogP contribution < -0.4 is 10.5 Å². The van der Waals surface area contributed by atoms with E-state index >= 15 is 0 Å². The van der Waals surface area contributed by atoms with Gasteiger partial charge < -0.3 is 10.5 Å². The molecule has 1 heterocycles. The van der Waals surface area contributed by atoms with Crippen molar-refractivity contribution in [2.45, 2.75) is 0 Å². The highest BCUT2D eigenvalue weighted by molar-refractivity contribution is 7.12. The molecular formula is C11H8ClNO2S. The number of thiophene rings is 1. The first kappa shape index (κ1) is 11.0. The van der Waals surface area contributed by atoms with Gasteiger partial charge in [0.2, 0.25) is 5.91 Å². The van der Waals surface area contributed by atoms with Gasteiger partial charge in [-0.3, -0.25) is 4.79 Å². The lowest BCUT2D eigenvalue weighted by atomic mass is 10.2. The number of rotatable bonds is 3. The molecule has 0 saturated carbocycles. The fraction of sp³-hybridized carbons (Fsp3) is 0. The maximum absolute atomic E-state index is 10.8. The zero-order valence-corrected chi connectivity index (χ0v) is 9.72. The van der Waals surface area contributed by atoms with E-state index < -0.39 is 5.91 Å². The summed E-state index contributed by atoms with van der Waals surface area (Å²) in [5, 5.41) is 3.14. The SMILES string of the molecule is NC(=O)c1ccc(Oc2cc(Cl)cs2)cc1. The summed E-state index contributed by atoms with van der Waals surface area (Å²) in [6, 6.07) is 8.34. The first-order valence-electron chi connectivity index (χ1n) is 4.47. The van der Waals surface area contributed by atoms with Gasteiger partial charge in [-0.2, -0.15) is 0 Å². The molecule has 5 heteroatoms. The normalized spacial score (nSPS) is 10.1. The summed E-state index contributed by atoms with van der Waals surface area (Å²) >= 11 is 7.17. The van der Waals surface area contributed by atoms with Gasteiger partial charge in [0, 0.05) is 17.0 Å². The minimum atomic E-state index is -0.453. The number of hydrogen-bond acceptors (Lipinski definition) is 3. The van der Waals surface area contributed by atoms with Crippen LogP contribution >= 0.6 is 22.9 Å². The van der Waals surface area contributed by atoms with E-state index in [0.29, 0.717) is 21.4 Å². The van der Waals surface area contributed by atoms with E-state index in [-0.39, 0.29) is 0 Å². The van der Waals surface area contributed by atoms with Gasteiger partial charge in [0.05, 0.1) is 5.02 Å². The molecule has 2 aromatic rings. The third-order valence-corrected chi connectivity index (χ3v) is 3.05. The molecule has 16 heavy (non-hydrogen) atoms. The average Bonchev–Trinajstić information content (AvgIpc) is 2.65. The van der Waals surface area contributed by atoms with Crippen molar-refractivity contribution in [1.82, 2.24) is 0 Å². The summed E-state index contributed by atoms with van der Waals surface area (Å²) in [4.78, 5) is 10.8. The van der Waals surface area contributed by atoms with Gasteiger partial charge in [-0.05, 0) is 24.3 Å². The Kier molecular flexibility index (Phi) is 3.12. The Morgan fingerprint density at radius 1 is 1.31 bits per heavy atom. The van der Waals surface area contributed by atoms with Crippen LogP contribution in [0.25, 0.3) is 0 Å². The molecule has 82 valence electrons. The lowest BCUT2D eigenvalue weighted by Crippen LogP contribution is -2.10. The number of benzene rings is 1. The molecule has 0 aliphatic rings. The van der Waals surface area contributed by atoms with Crippen LogP contribution in [0.2, 0.25) is 5.02 Å². The van der Waals surface area contributed by atoms with Crippen LogP contribution in [0.1, 0.15) is 10.4 Å². The zero-order valence-electron chi connectivity index (χ0n) is 8.14. The van der Waals surface area contributed by atoms with Gasteiger partial charge in [-0.15, -0.1) is 11.3 Å². The van der Waals surface area contributed by atoms with E-state index in [4.69, 9.17) is 22.1 Å². The van der Waals surface area contributed by atoms with Crippen molar-refractivity contribution in [1.29, 1.82) is 0 Å². The molecule has 1 amide bonds. The van der Waals surface area contributed by atoms with Gasteiger partial charge in [0.1, 0.15) is 5.75 Å². The fourth-order valence-corrected chi connectivity index (χ4v) is 2.09. The fourth-order valence-electron chi connectivity index (χ4n) is 1.15. The number of amides is 1. The Morgan fingerprint density at radius 2 is 2.00 bits per heavy atom. The average molecular weight is 254 g/mol. The molecule has 0 atom stereocenters. The maximum atomic E-state index is 10.8. The van der Waals surface area contributed by atoms with Crippen molar-refractivity contribution in [3.8, 4) is 10.8 Å². The lowest BCUT2D eigenvalue weighted by Gasteiger charge is -2.02. The quantitative estimate of drug-likeness (QED) is 0.913. The van der Waals surface area contributed by atoms with Crippen molar-refractivity contribution in [2.75, 3.05) is 0 Å². The zero-order chi connectivity index (χ0) is 11.5. The number of carbonyl (C=O) groups is 1. The van der Waals surface area contributed by atoms with Gasteiger partial charge in [0.15, 0.2) is 5.06 Å². The predicted octanol–water partition coefficient (Wildman–Crippen LogP) is 3.29. The molecule has 0 bridgehead atoms. The van der Waals surface area contributed by atoms with E-state index in [2.05, 4.69) is 0 Å². The highest BCUT2D eigenvalue weighted by Gasteiger charge is 2.03. The van der Waals surface area contributed by atoms with E-state index in [1.807, 2.05) is 0 Å². The van der Waals surface area contributed by atoms with E-state index in [0.717, 1.165) is 0 Å². The summed E-state index contributed by atoms with van der Waals surface area (Å²) in [6.45, 7) is 0. The molecule has 0 radical (unpaired) electrons. The third kappa shape index (κ3) is 2.53. The van der Waals surface area contributed by atoms with Crippen LogP contribution in [0.15, 0.2) is 35.7 Å². The van der Waals surface area contributed by atoms with Crippen molar-refractivity contribution in [2.24, 2.45) is 5.73 Å². The second kappa shape index (κ2) is 4.55. The lowest BCUT2D eigenvalue weighted by molar-refractivity contribution is 0.100. The van der Waals surface area contributed by atoms with Crippen LogP contribution in [0.4, 0.5) is 0 Å². The second-order valence-electron chi connectivity index (χ2n) is 3.07. The molecule has 0 spiro atoms. The number of hydrogen-bond donors (Lipinski definition) is 1. The molecule has 2 N–H and O–H groups in total. The van der Waals surface area contributed by atoms with Gasteiger partial charge in [0.25, 0.3) is 0 Å². The number of primary amides is 1. The Morgan fingerprint density at radius 3 is 2.50 bits per heavy atom. The highest BCUT2D eigenvalue weighted by atomic mass is 35.5. The Balaban J connectivity index is 2.14. The Bertz CT molecular complexity index is 507. The maximum Gasteiger partial charge on any atom is 0.248 e. The molecule has 1 aromatic carbocycles. The summed E-state index contributed by atoms with van der Waals surface area (Å²) in [5.74, 6) is 0.189. The van der Waals surface area contributed by atoms with Crippen LogP contribution in [-0.4, -0.2) is 5.91 Å². The molecule has 0 unspecified atom stereocenters. The largest absolute Gasteiger partial charge is 0.447 e. The monoisotopic (exact) mass is 253 g/mol. The Labute approximate surface area is 101 Å². The second-order valence-corrected chi connectivity index (χ2v) is 4.38. The molecule has 2 rings (SSSR count). The van der Waals surface area contributed by atoms with Crippen molar-refractivity contribution in [3.63, 3.8) is 0 Å². The summed E-state index contributed by atoms with van der Waals surface area (Å²) < 4.78 is 5.52. The van der Waals surface area contributed by atoms with E-state index in [1.165, 1.54) is 11.3 Å². The topological polar surface area (TPSA) is 52.3 Å². The van der Waals surface area contributed by atoms with Crippen LogP contribution in [0.5, 0.6) is 10.8 Å². The first-order valence-corrected chi connectivity index (χ1v) is 5.72. The van der Waals surface area contributed by atoms with Gasteiger partial charge in [-0.25, -0.2) is 0 Å². The van der Waals surface area contributed by atoms with Crippen molar-refractivity contribution >= 4 is 28.8 Å². The Hall–Kier alpha value is -1.52. The van der Waals surface area contributed by atoms with Gasteiger partial charge in [-0.1, -0.05) is 11.6 Å². The van der Waals surface area contributed by atoms with E-state index in [9.17, 15) is 4.79 Å². The molecule has 0 saturated heterocycles. The summed E-state index contributed by atoms with van der Waals surface area (Å²) in [6.07, 6.45) is 0. The van der Waals surface area contributed by atoms with Crippen molar-refractivity contribution in [3.05, 3.63) is 46.3 Å². The molecule has 0 aliphatic heterocycles. The number of halogens is 1. The summed E-state index contributed by atoms with van der Waals surface area (Å²) in [7, 11) is 0. The number of carbonyl (C=O) groups excluding carboxylic acids is 1. The first-order chi connectivity index (χ1) is 7.65. The molecular weight excluding hydrogens is 246 g/mol. The highest BCUT2D eigenvalue weighted by Crippen LogP contribution is 2.30. The third-order valence-electron chi connectivity index (χ3n) is 1.90. The van der Waals surface area contributed by atoms with Crippen LogP contribution in [-0.2, 0) is 0 Å². The molecule has 1 aromatic heterocycles. The molecule has 0 fully saturated rings. The van der Waals surface area contributed by atoms with Gasteiger partial charge >= 0.3 is 0 Å². The van der Waals surface area contributed by atoms with Crippen molar-refractivity contribution < 1.29 is 9.53 Å². The standard InChI is InChI=1S/C11H8ClNO2S/c12-8-5-10(16-6-8)15-9-3-1-7(2-4-9)11(13)14/h1-6H,(H2,13,14). The number of ether oxygens (including phenoxy) is 1. The minimum Gasteiger partial charge on any atom is -0.447 e. The van der Waals surface area contributed by atoms with Crippen LogP contribution in [0, 0.1) is 0 Å². The molecule has 3 nitrogen and oxygen atoms in total. The van der Waals surface area contributed by atoms with Crippen LogP contribution in [0.3, 0.4) is 0 Å².